The van der Waals surface area contributed by atoms with Crippen molar-refractivity contribution in [2.45, 2.75) is 58.4 Å². The Balaban J connectivity index is 1.27. The largest absolute Gasteiger partial charge is 0.492 e. The quantitative estimate of drug-likeness (QED) is 0.671. The Labute approximate surface area is 193 Å². The Morgan fingerprint density at radius 2 is 1.84 bits per heavy atom. The lowest BCUT2D eigenvalue weighted by Gasteiger charge is -2.39. The average molecular weight is 444 g/mol. The zero-order valence-electron chi connectivity index (χ0n) is 20.4. The lowest BCUT2D eigenvalue weighted by molar-refractivity contribution is 0.0387. The Morgan fingerprint density at radius 1 is 1.16 bits per heavy atom. The summed E-state index contributed by atoms with van der Waals surface area (Å²) in [4.78, 5) is 19.4. The number of piperidine rings is 1. The molecule has 1 aromatic rings. The molecule has 178 valence electrons. The summed E-state index contributed by atoms with van der Waals surface area (Å²) in [6.45, 7) is 16.6. The number of nitrogens with zero attached hydrogens (tertiary/aromatic N) is 3. The van der Waals surface area contributed by atoms with Crippen LogP contribution in [0.3, 0.4) is 0 Å². The normalized spacial score (nSPS) is 22.0. The van der Waals surface area contributed by atoms with Crippen LogP contribution in [0, 0.1) is 5.92 Å². The van der Waals surface area contributed by atoms with Gasteiger partial charge in [0.2, 0.25) is 0 Å². The van der Waals surface area contributed by atoms with Crippen molar-refractivity contribution in [1.29, 1.82) is 0 Å². The molecule has 2 amide bonds. The molecule has 1 unspecified atom stereocenters. The number of urea groups is 1. The molecule has 0 radical (unpaired) electrons. The predicted octanol–water partition coefficient (Wildman–Crippen LogP) is 3.77. The highest BCUT2D eigenvalue weighted by molar-refractivity contribution is 5.74. The standard InChI is InChI=1S/C26H41N3O3/c1-5-27(20(2)16-22-6-7-23-24(17-22)32-19-26(23,3)4)18-21-8-10-28(11-9-21)25(30)29-12-14-31-15-13-29/h6-7,17,20-21H,5,8-16,18-19H2,1-4H3. The van der Waals surface area contributed by atoms with Gasteiger partial charge in [-0.2, -0.15) is 0 Å². The first-order chi connectivity index (χ1) is 15.4. The number of morpholine rings is 1. The number of rotatable bonds is 6. The zero-order valence-corrected chi connectivity index (χ0v) is 20.4. The van der Waals surface area contributed by atoms with Gasteiger partial charge in [0, 0.05) is 49.7 Å². The minimum absolute atomic E-state index is 0.118. The Hall–Kier alpha value is -1.79. The van der Waals surface area contributed by atoms with Gasteiger partial charge in [0.15, 0.2) is 0 Å². The van der Waals surface area contributed by atoms with E-state index < -0.39 is 0 Å². The van der Waals surface area contributed by atoms with E-state index in [2.05, 4.69) is 50.8 Å². The van der Waals surface area contributed by atoms with Gasteiger partial charge < -0.3 is 24.2 Å². The Bertz CT molecular complexity index is 783. The van der Waals surface area contributed by atoms with Gasteiger partial charge in [0.05, 0.1) is 19.8 Å². The number of likely N-dealkylation sites (N-methyl/N-ethyl adjacent to an activating group) is 1. The maximum Gasteiger partial charge on any atom is 0.320 e. The number of ether oxygens (including phenoxy) is 2. The number of hydrogen-bond donors (Lipinski definition) is 0. The third kappa shape index (κ3) is 5.23. The molecule has 0 aromatic heterocycles. The van der Waals surface area contributed by atoms with Crippen molar-refractivity contribution in [1.82, 2.24) is 14.7 Å². The molecule has 6 heteroatoms. The molecule has 4 rings (SSSR count). The molecule has 3 heterocycles. The van der Waals surface area contributed by atoms with Crippen molar-refractivity contribution in [2.75, 3.05) is 59.1 Å². The number of carbonyl (C=O) groups is 1. The van der Waals surface area contributed by atoms with Gasteiger partial charge in [-0.15, -0.1) is 0 Å². The lowest BCUT2D eigenvalue weighted by atomic mass is 9.86. The SMILES string of the molecule is CCN(CC1CCN(C(=O)N2CCOCC2)CC1)C(C)Cc1ccc2c(c1)OCC2(C)C. The highest BCUT2D eigenvalue weighted by atomic mass is 16.5. The summed E-state index contributed by atoms with van der Waals surface area (Å²) < 4.78 is 11.3. The van der Waals surface area contributed by atoms with Gasteiger partial charge in [-0.05, 0) is 50.3 Å². The monoisotopic (exact) mass is 443 g/mol. The van der Waals surface area contributed by atoms with Crippen LogP contribution in [-0.4, -0.2) is 85.9 Å². The summed E-state index contributed by atoms with van der Waals surface area (Å²) >= 11 is 0. The number of likely N-dealkylation sites (tertiary alicyclic amines) is 1. The third-order valence-corrected chi connectivity index (χ3v) is 7.58. The van der Waals surface area contributed by atoms with Gasteiger partial charge in [0.1, 0.15) is 5.75 Å². The summed E-state index contributed by atoms with van der Waals surface area (Å²) in [6.07, 6.45) is 3.24. The second-order valence-corrected chi connectivity index (χ2v) is 10.5. The molecule has 0 bridgehead atoms. The van der Waals surface area contributed by atoms with E-state index in [4.69, 9.17) is 9.47 Å². The number of benzene rings is 1. The summed E-state index contributed by atoms with van der Waals surface area (Å²) in [5.41, 5.74) is 2.81. The minimum Gasteiger partial charge on any atom is -0.492 e. The lowest BCUT2D eigenvalue weighted by Crippen LogP contribution is -2.51. The first-order valence-corrected chi connectivity index (χ1v) is 12.5. The molecule has 0 N–H and O–H groups in total. The summed E-state index contributed by atoms with van der Waals surface area (Å²) in [6, 6.07) is 7.50. The van der Waals surface area contributed by atoms with E-state index in [1.165, 1.54) is 11.1 Å². The van der Waals surface area contributed by atoms with Crippen LogP contribution in [0.4, 0.5) is 4.79 Å². The highest BCUT2D eigenvalue weighted by Crippen LogP contribution is 2.39. The number of hydrogen-bond acceptors (Lipinski definition) is 4. The first-order valence-electron chi connectivity index (χ1n) is 12.5. The minimum atomic E-state index is 0.118. The first kappa shape index (κ1) is 23.4. The number of amides is 2. The molecule has 1 aromatic carbocycles. The molecule has 1 atom stereocenters. The average Bonchev–Trinajstić information content (AvgIpc) is 3.11. The molecule has 0 saturated carbocycles. The van der Waals surface area contributed by atoms with E-state index >= 15 is 0 Å². The van der Waals surface area contributed by atoms with Crippen LogP contribution in [0.5, 0.6) is 5.75 Å². The second kappa shape index (κ2) is 10.0. The molecule has 32 heavy (non-hydrogen) atoms. The fourth-order valence-corrected chi connectivity index (χ4v) is 5.39. The van der Waals surface area contributed by atoms with Gasteiger partial charge in [0.25, 0.3) is 0 Å². The van der Waals surface area contributed by atoms with Gasteiger partial charge >= 0.3 is 6.03 Å². The Kier molecular flexibility index (Phi) is 7.30. The van der Waals surface area contributed by atoms with Gasteiger partial charge in [-0.25, -0.2) is 4.79 Å². The van der Waals surface area contributed by atoms with E-state index in [0.29, 0.717) is 25.2 Å². The van der Waals surface area contributed by atoms with Crippen molar-refractivity contribution < 1.29 is 14.3 Å². The molecule has 0 spiro atoms. The second-order valence-electron chi connectivity index (χ2n) is 10.5. The smallest absolute Gasteiger partial charge is 0.320 e. The molecule has 3 aliphatic rings. The van der Waals surface area contributed by atoms with E-state index in [9.17, 15) is 4.79 Å². The van der Waals surface area contributed by atoms with Crippen LogP contribution in [0.1, 0.15) is 51.7 Å². The summed E-state index contributed by atoms with van der Waals surface area (Å²) in [5, 5.41) is 0. The molecular weight excluding hydrogens is 402 g/mol. The van der Waals surface area contributed by atoms with Crippen LogP contribution >= 0.6 is 0 Å². The van der Waals surface area contributed by atoms with Crippen molar-refractivity contribution in [3.63, 3.8) is 0 Å². The molecule has 2 saturated heterocycles. The zero-order chi connectivity index (χ0) is 22.7. The van der Waals surface area contributed by atoms with E-state index in [-0.39, 0.29) is 11.4 Å². The van der Waals surface area contributed by atoms with Crippen molar-refractivity contribution in [2.24, 2.45) is 5.92 Å². The Morgan fingerprint density at radius 3 is 2.53 bits per heavy atom. The van der Waals surface area contributed by atoms with Crippen LogP contribution in [0.25, 0.3) is 0 Å². The van der Waals surface area contributed by atoms with E-state index in [1.807, 2.05) is 9.80 Å². The van der Waals surface area contributed by atoms with Crippen LogP contribution in [0.2, 0.25) is 0 Å². The predicted molar refractivity (Wildman–Crippen MR) is 127 cm³/mol. The van der Waals surface area contributed by atoms with Crippen molar-refractivity contribution in [3.05, 3.63) is 29.3 Å². The molecular formula is C26H41N3O3. The third-order valence-electron chi connectivity index (χ3n) is 7.58. The van der Waals surface area contributed by atoms with Crippen LogP contribution in [-0.2, 0) is 16.6 Å². The fraction of sp³-hybridized carbons (Fsp3) is 0.731. The molecule has 3 aliphatic heterocycles. The topological polar surface area (TPSA) is 45.2 Å². The molecule has 2 fully saturated rings. The summed E-state index contributed by atoms with van der Waals surface area (Å²) in [7, 11) is 0. The highest BCUT2D eigenvalue weighted by Gasteiger charge is 2.32. The summed E-state index contributed by atoms with van der Waals surface area (Å²) in [5.74, 6) is 1.73. The van der Waals surface area contributed by atoms with Gasteiger partial charge in [-0.1, -0.05) is 32.9 Å². The van der Waals surface area contributed by atoms with Crippen LogP contribution < -0.4 is 4.74 Å². The van der Waals surface area contributed by atoms with Gasteiger partial charge in [-0.3, -0.25) is 0 Å². The van der Waals surface area contributed by atoms with Crippen molar-refractivity contribution >= 4 is 6.03 Å². The van der Waals surface area contributed by atoms with Crippen LogP contribution in [0.15, 0.2) is 18.2 Å². The molecule has 6 nitrogen and oxygen atoms in total. The molecule has 0 aliphatic carbocycles. The van der Waals surface area contributed by atoms with E-state index in [0.717, 1.165) is 70.9 Å². The maximum absolute atomic E-state index is 12.7. The van der Waals surface area contributed by atoms with Crippen molar-refractivity contribution in [3.8, 4) is 5.75 Å². The number of fused-ring (bicyclic) bond motifs is 1. The fourth-order valence-electron chi connectivity index (χ4n) is 5.39. The number of carbonyl (C=O) groups excluding carboxylic acids is 1. The van der Waals surface area contributed by atoms with E-state index in [1.54, 1.807) is 0 Å². The maximum atomic E-state index is 12.7.